The van der Waals surface area contributed by atoms with E-state index in [1.54, 1.807) is 30.3 Å². The van der Waals surface area contributed by atoms with Crippen LogP contribution < -0.4 is 32.3 Å². The number of nitrogens with two attached hydrogens (primary N) is 1. The predicted molar refractivity (Wildman–Crippen MR) is 196 cm³/mol. The number of amides is 6. The summed E-state index contributed by atoms with van der Waals surface area (Å²) < 4.78 is 0. The summed E-state index contributed by atoms with van der Waals surface area (Å²) in [5, 5.41) is 13.2. The van der Waals surface area contributed by atoms with Crippen LogP contribution in [0.15, 0.2) is 66.2 Å². The lowest BCUT2D eigenvalue weighted by Crippen LogP contribution is -2.54. The minimum Gasteiger partial charge on any atom is -0.368 e. The van der Waals surface area contributed by atoms with Crippen molar-refractivity contribution in [3.63, 3.8) is 0 Å². The molecule has 14 heteroatoms. The van der Waals surface area contributed by atoms with Gasteiger partial charge in [-0.2, -0.15) is 11.8 Å². The molecule has 13 nitrogen and oxygen atoms in total. The van der Waals surface area contributed by atoms with E-state index in [1.807, 2.05) is 50.4 Å². The first-order valence-electron chi connectivity index (χ1n) is 16.9. The van der Waals surface area contributed by atoms with Crippen LogP contribution in [0.2, 0.25) is 0 Å². The Kier molecular flexibility index (Phi) is 16.4. The fourth-order valence-electron chi connectivity index (χ4n) is 5.45. The van der Waals surface area contributed by atoms with Crippen molar-refractivity contribution in [2.75, 3.05) is 18.6 Å². The maximum Gasteiger partial charge on any atom is 0.248 e. The Hall–Kier alpha value is -4.98. The van der Waals surface area contributed by atoms with Crippen molar-refractivity contribution in [2.45, 2.75) is 76.5 Å². The highest BCUT2D eigenvalue weighted by atomic mass is 32.2. The Morgan fingerprint density at radius 2 is 1.59 bits per heavy atom. The molecule has 0 unspecified atom stereocenters. The van der Waals surface area contributed by atoms with Crippen molar-refractivity contribution in [1.82, 2.24) is 26.6 Å². The van der Waals surface area contributed by atoms with Gasteiger partial charge in [-0.05, 0) is 60.8 Å². The molecule has 1 heterocycles. The van der Waals surface area contributed by atoms with Gasteiger partial charge >= 0.3 is 0 Å². The summed E-state index contributed by atoms with van der Waals surface area (Å²) in [5.41, 5.74) is 6.95. The third-order valence-electron chi connectivity index (χ3n) is 8.14. The SMILES string of the molecule is CSCC[C@H](NC(=O)[C@H](CC(C)C)NC(=O)CNC(=O)/C(=C\c1ccccc1)CC(=O)[C@H](Cc1ccccc1)NC(=O)[C@H]1CCC(=O)N1)C(N)=O. The number of ketones is 1. The van der Waals surface area contributed by atoms with Gasteiger partial charge in [0.05, 0.1) is 12.6 Å². The van der Waals surface area contributed by atoms with E-state index < -0.39 is 66.0 Å². The van der Waals surface area contributed by atoms with E-state index in [1.165, 1.54) is 17.8 Å². The van der Waals surface area contributed by atoms with E-state index >= 15 is 0 Å². The predicted octanol–water partition coefficient (Wildman–Crippen LogP) is 1.41. The van der Waals surface area contributed by atoms with E-state index in [4.69, 9.17) is 5.73 Å². The number of thioether (sulfide) groups is 1. The highest BCUT2D eigenvalue weighted by Crippen LogP contribution is 2.16. The van der Waals surface area contributed by atoms with Crippen molar-refractivity contribution in [2.24, 2.45) is 11.7 Å². The fourth-order valence-corrected chi connectivity index (χ4v) is 5.92. The minimum absolute atomic E-state index is 0.00884. The topological polar surface area (TPSA) is 206 Å². The van der Waals surface area contributed by atoms with Crippen molar-refractivity contribution < 1.29 is 33.6 Å². The number of rotatable bonds is 20. The summed E-state index contributed by atoms with van der Waals surface area (Å²) >= 11 is 1.50. The molecule has 1 aliphatic heterocycles. The van der Waals surface area contributed by atoms with E-state index in [-0.39, 0.29) is 43.1 Å². The molecule has 7 N–H and O–H groups in total. The third kappa shape index (κ3) is 14.0. The van der Waals surface area contributed by atoms with Crippen LogP contribution in [-0.4, -0.2) is 83.9 Å². The molecule has 2 aromatic carbocycles. The second kappa shape index (κ2) is 20.6. The third-order valence-corrected chi connectivity index (χ3v) is 8.78. The van der Waals surface area contributed by atoms with Gasteiger partial charge in [-0.3, -0.25) is 33.6 Å². The molecule has 4 atom stereocenters. The molecule has 1 fully saturated rings. The zero-order valence-corrected chi connectivity index (χ0v) is 30.1. The summed E-state index contributed by atoms with van der Waals surface area (Å²) in [4.78, 5) is 90.3. The average Bonchev–Trinajstić information content (AvgIpc) is 3.54. The highest BCUT2D eigenvalue weighted by molar-refractivity contribution is 7.98. The highest BCUT2D eigenvalue weighted by Gasteiger charge is 2.32. The van der Waals surface area contributed by atoms with Crippen LogP contribution in [0, 0.1) is 5.92 Å². The number of carbonyl (C=O) groups is 7. The summed E-state index contributed by atoms with van der Waals surface area (Å²) in [5.74, 6) is -3.15. The molecule has 0 aromatic heterocycles. The first-order chi connectivity index (χ1) is 24.4. The van der Waals surface area contributed by atoms with Gasteiger partial charge in [0.25, 0.3) is 0 Å². The zero-order chi connectivity index (χ0) is 37.3. The van der Waals surface area contributed by atoms with Crippen molar-refractivity contribution in [3.8, 4) is 0 Å². The molecule has 1 saturated heterocycles. The van der Waals surface area contributed by atoms with E-state index in [0.717, 1.165) is 5.56 Å². The van der Waals surface area contributed by atoms with Gasteiger partial charge in [0.15, 0.2) is 5.78 Å². The molecule has 274 valence electrons. The Balaban J connectivity index is 1.75. The molecule has 2 aromatic rings. The number of hydrogen-bond acceptors (Lipinski definition) is 8. The molecular formula is C37H48N6O7S. The normalized spacial score (nSPS) is 16.0. The molecule has 51 heavy (non-hydrogen) atoms. The van der Waals surface area contributed by atoms with Gasteiger partial charge in [-0.25, -0.2) is 0 Å². The van der Waals surface area contributed by atoms with Crippen molar-refractivity contribution in [3.05, 3.63) is 77.4 Å². The Bertz CT molecular complexity index is 1570. The minimum atomic E-state index is -1.01. The quantitative estimate of drug-likeness (QED) is 0.110. The monoisotopic (exact) mass is 720 g/mol. The average molecular weight is 721 g/mol. The summed E-state index contributed by atoms with van der Waals surface area (Å²) in [6.07, 6.45) is 4.31. The maximum absolute atomic E-state index is 13.8. The van der Waals surface area contributed by atoms with Gasteiger partial charge in [0.2, 0.25) is 35.4 Å². The number of carbonyl (C=O) groups excluding carboxylic acids is 7. The lowest BCUT2D eigenvalue weighted by Gasteiger charge is -2.23. The Morgan fingerprint density at radius 3 is 2.18 bits per heavy atom. The van der Waals surface area contributed by atoms with E-state index in [0.29, 0.717) is 24.2 Å². The molecule has 6 amide bonds. The van der Waals surface area contributed by atoms with Crippen LogP contribution in [0.5, 0.6) is 0 Å². The molecular weight excluding hydrogens is 673 g/mol. The summed E-state index contributed by atoms with van der Waals surface area (Å²) in [6, 6.07) is 14.3. The number of benzene rings is 2. The van der Waals surface area contributed by atoms with Gasteiger partial charge in [0.1, 0.15) is 18.1 Å². The van der Waals surface area contributed by atoms with Crippen LogP contribution in [0.1, 0.15) is 57.1 Å². The van der Waals surface area contributed by atoms with Crippen LogP contribution in [-0.2, 0) is 40.0 Å². The fraction of sp³-hybridized carbons (Fsp3) is 0.432. The van der Waals surface area contributed by atoms with Crippen molar-refractivity contribution in [1.29, 1.82) is 0 Å². The van der Waals surface area contributed by atoms with Crippen LogP contribution in [0.25, 0.3) is 6.08 Å². The number of primary amides is 1. The lowest BCUT2D eigenvalue weighted by molar-refractivity contribution is -0.132. The first-order valence-corrected chi connectivity index (χ1v) is 18.3. The largest absolute Gasteiger partial charge is 0.368 e. The Morgan fingerprint density at radius 1 is 0.922 bits per heavy atom. The van der Waals surface area contributed by atoms with Gasteiger partial charge in [-0.15, -0.1) is 0 Å². The zero-order valence-electron chi connectivity index (χ0n) is 29.2. The van der Waals surface area contributed by atoms with Crippen LogP contribution in [0.3, 0.4) is 0 Å². The molecule has 1 aliphatic rings. The second-order valence-corrected chi connectivity index (χ2v) is 13.8. The summed E-state index contributed by atoms with van der Waals surface area (Å²) in [7, 11) is 0. The van der Waals surface area contributed by atoms with Crippen LogP contribution in [0.4, 0.5) is 0 Å². The maximum atomic E-state index is 13.8. The number of Topliss-reactive ketones (excluding diaryl/α,β-unsaturated/α-hetero) is 1. The van der Waals surface area contributed by atoms with Crippen molar-refractivity contribution >= 4 is 59.1 Å². The van der Waals surface area contributed by atoms with Gasteiger partial charge in [-0.1, -0.05) is 74.5 Å². The molecule has 0 aliphatic carbocycles. The molecule has 0 saturated carbocycles. The van der Waals surface area contributed by atoms with Gasteiger partial charge in [0, 0.05) is 18.4 Å². The van der Waals surface area contributed by atoms with Crippen LogP contribution >= 0.6 is 11.8 Å². The molecule has 3 rings (SSSR count). The second-order valence-electron chi connectivity index (χ2n) is 12.8. The lowest BCUT2D eigenvalue weighted by atomic mass is 9.95. The van der Waals surface area contributed by atoms with E-state index in [9.17, 15) is 33.6 Å². The number of nitrogens with one attached hydrogen (secondary N) is 5. The summed E-state index contributed by atoms with van der Waals surface area (Å²) in [6.45, 7) is 3.25. The first kappa shape index (κ1) is 40.4. The van der Waals surface area contributed by atoms with E-state index in [2.05, 4.69) is 26.6 Å². The molecule has 0 radical (unpaired) electrons. The van der Waals surface area contributed by atoms with Gasteiger partial charge < -0.3 is 32.3 Å². The molecule has 0 bridgehead atoms. The standard InChI is InChI=1S/C37H48N6O7S/c1-23(2)18-30(37(50)42-27(34(38)47)16-17-51-3)41-33(46)22-39-35(48)26(19-24-10-6-4-7-11-24)21-31(44)29(20-25-12-8-5-9-13-25)43-36(49)28-14-15-32(45)40-28/h4-13,19,23,27-30H,14-18,20-22H2,1-3H3,(H2,38,47)(H,39,48)(H,40,45)(H,41,46)(H,42,50)(H,43,49)/b26-19-/t27-,28+,29-,30-/m0/s1. The molecule has 0 spiro atoms. The Labute approximate surface area is 302 Å². The smallest absolute Gasteiger partial charge is 0.248 e. The number of hydrogen-bond donors (Lipinski definition) is 6.